The lowest BCUT2D eigenvalue weighted by Gasteiger charge is -2.27. The molecule has 0 radical (unpaired) electrons. The fourth-order valence-electron chi connectivity index (χ4n) is 2.72. The van der Waals surface area contributed by atoms with Crippen LogP contribution >= 0.6 is 11.6 Å². The molecule has 2 aromatic rings. The van der Waals surface area contributed by atoms with Gasteiger partial charge in [0.15, 0.2) is 0 Å². The van der Waals surface area contributed by atoms with Gasteiger partial charge in [-0.2, -0.15) is 0 Å². The molecule has 0 aliphatic heterocycles. The molecule has 0 aliphatic carbocycles. The third kappa shape index (κ3) is 4.53. The Balaban J connectivity index is 2.26. The van der Waals surface area contributed by atoms with Crippen LogP contribution in [-0.4, -0.2) is 35.2 Å². The second-order valence-corrected chi connectivity index (χ2v) is 6.26. The highest BCUT2D eigenvalue weighted by molar-refractivity contribution is 6.30. The first-order valence-electron chi connectivity index (χ1n) is 7.95. The van der Waals surface area contributed by atoms with Crippen molar-refractivity contribution >= 4 is 23.5 Å². The van der Waals surface area contributed by atoms with Crippen LogP contribution in [0.1, 0.15) is 28.9 Å². The first-order valence-corrected chi connectivity index (χ1v) is 8.33. The molecule has 3 unspecified atom stereocenters. The SMILES string of the molecule is COc1ccc(Cl)cc1C(O)C(C(=O)O)C(C)NC(=O)c1ccccc1. The molecule has 0 aliphatic rings. The third-order valence-electron chi connectivity index (χ3n) is 4.07. The number of methoxy groups -OCH3 is 1. The van der Waals surface area contributed by atoms with Gasteiger partial charge in [-0.25, -0.2) is 0 Å². The number of aliphatic hydroxyl groups excluding tert-OH is 1. The molecule has 0 spiro atoms. The molecule has 7 heteroatoms. The molecule has 2 rings (SSSR count). The fraction of sp³-hybridized carbons (Fsp3) is 0.263. The maximum absolute atomic E-state index is 12.3. The van der Waals surface area contributed by atoms with Gasteiger partial charge in [-0.05, 0) is 37.3 Å². The largest absolute Gasteiger partial charge is 0.496 e. The molecule has 1 amide bonds. The van der Waals surface area contributed by atoms with Crippen LogP contribution in [0.2, 0.25) is 5.02 Å². The van der Waals surface area contributed by atoms with Crippen molar-refractivity contribution < 1.29 is 24.5 Å². The number of aliphatic carboxylic acids is 1. The average Bonchev–Trinajstić information content (AvgIpc) is 2.62. The molecule has 0 saturated heterocycles. The second kappa shape index (κ2) is 8.69. The lowest BCUT2D eigenvalue weighted by molar-refractivity contribution is -0.147. The van der Waals surface area contributed by atoms with Gasteiger partial charge in [0.05, 0.1) is 13.2 Å². The fourth-order valence-corrected chi connectivity index (χ4v) is 2.90. The van der Waals surface area contributed by atoms with Gasteiger partial charge >= 0.3 is 5.97 Å². The second-order valence-electron chi connectivity index (χ2n) is 5.82. The lowest BCUT2D eigenvalue weighted by Crippen LogP contribution is -2.44. The lowest BCUT2D eigenvalue weighted by atomic mass is 9.89. The number of rotatable bonds is 7. The first-order chi connectivity index (χ1) is 12.3. The summed E-state index contributed by atoms with van der Waals surface area (Å²) in [6.45, 7) is 1.53. The van der Waals surface area contributed by atoms with Crippen molar-refractivity contribution in [3.63, 3.8) is 0 Å². The molecule has 2 aromatic carbocycles. The summed E-state index contributed by atoms with van der Waals surface area (Å²) in [7, 11) is 1.41. The Hall–Kier alpha value is -2.57. The number of hydrogen-bond acceptors (Lipinski definition) is 4. The van der Waals surface area contributed by atoms with Crippen LogP contribution in [0.5, 0.6) is 5.75 Å². The maximum atomic E-state index is 12.3. The van der Waals surface area contributed by atoms with Crippen molar-refractivity contribution in [3.05, 3.63) is 64.7 Å². The van der Waals surface area contributed by atoms with Crippen molar-refractivity contribution in [2.75, 3.05) is 7.11 Å². The van der Waals surface area contributed by atoms with E-state index in [0.29, 0.717) is 16.3 Å². The van der Waals surface area contributed by atoms with Gasteiger partial charge in [0, 0.05) is 22.2 Å². The predicted octanol–water partition coefficient (Wildman–Crippen LogP) is 2.90. The van der Waals surface area contributed by atoms with E-state index in [1.807, 2.05) is 0 Å². The van der Waals surface area contributed by atoms with Gasteiger partial charge in [0.2, 0.25) is 0 Å². The summed E-state index contributed by atoms with van der Waals surface area (Å²) in [6.07, 6.45) is -1.42. The topological polar surface area (TPSA) is 95.9 Å². The number of halogens is 1. The number of carbonyl (C=O) groups excluding carboxylic acids is 1. The number of benzene rings is 2. The Morgan fingerprint density at radius 3 is 2.38 bits per heavy atom. The zero-order valence-electron chi connectivity index (χ0n) is 14.3. The monoisotopic (exact) mass is 377 g/mol. The highest BCUT2D eigenvalue weighted by Crippen LogP contribution is 2.34. The van der Waals surface area contributed by atoms with E-state index >= 15 is 0 Å². The normalized spacial score (nSPS) is 14.2. The summed E-state index contributed by atoms with van der Waals surface area (Å²) in [6, 6.07) is 12.2. The molecule has 0 saturated carbocycles. The van der Waals surface area contributed by atoms with Crippen LogP contribution in [0, 0.1) is 5.92 Å². The number of carbonyl (C=O) groups is 2. The highest BCUT2D eigenvalue weighted by Gasteiger charge is 2.35. The van der Waals surface area contributed by atoms with E-state index < -0.39 is 29.9 Å². The average molecular weight is 378 g/mol. The number of aliphatic hydroxyl groups is 1. The van der Waals surface area contributed by atoms with Crippen LogP contribution in [-0.2, 0) is 4.79 Å². The Bertz CT molecular complexity index is 781. The maximum Gasteiger partial charge on any atom is 0.311 e. The van der Waals surface area contributed by atoms with Gasteiger partial charge in [-0.3, -0.25) is 9.59 Å². The minimum Gasteiger partial charge on any atom is -0.496 e. The molecular formula is C19H20ClNO5. The smallest absolute Gasteiger partial charge is 0.311 e. The van der Waals surface area contributed by atoms with Crippen molar-refractivity contribution in [1.29, 1.82) is 0 Å². The van der Waals surface area contributed by atoms with Gasteiger partial charge in [-0.1, -0.05) is 29.8 Å². The third-order valence-corrected chi connectivity index (χ3v) is 4.30. The number of ether oxygens (including phenoxy) is 1. The minimum absolute atomic E-state index is 0.244. The minimum atomic E-state index is -1.42. The number of nitrogens with one attached hydrogen (secondary N) is 1. The molecular weight excluding hydrogens is 358 g/mol. The highest BCUT2D eigenvalue weighted by atomic mass is 35.5. The summed E-state index contributed by atoms with van der Waals surface area (Å²) in [5.74, 6) is -2.65. The number of amides is 1. The van der Waals surface area contributed by atoms with E-state index in [-0.39, 0.29) is 5.56 Å². The van der Waals surface area contributed by atoms with E-state index in [1.54, 1.807) is 42.5 Å². The van der Waals surface area contributed by atoms with Crippen LogP contribution in [0.15, 0.2) is 48.5 Å². The Kier molecular flexibility index (Phi) is 6.60. The Morgan fingerprint density at radius 1 is 1.15 bits per heavy atom. The molecule has 0 aromatic heterocycles. The molecule has 3 N–H and O–H groups in total. The number of hydrogen-bond donors (Lipinski definition) is 3. The zero-order valence-corrected chi connectivity index (χ0v) is 15.1. The van der Waals surface area contributed by atoms with Gasteiger partial charge in [-0.15, -0.1) is 0 Å². The van der Waals surface area contributed by atoms with Crippen LogP contribution < -0.4 is 10.1 Å². The first kappa shape index (κ1) is 19.8. The summed E-state index contributed by atoms with van der Waals surface area (Å²) < 4.78 is 5.18. The quantitative estimate of drug-likeness (QED) is 0.689. The van der Waals surface area contributed by atoms with Crippen LogP contribution in [0.3, 0.4) is 0 Å². The molecule has 0 bridgehead atoms. The summed E-state index contributed by atoms with van der Waals surface area (Å²) in [5, 5.41) is 23.2. The van der Waals surface area contributed by atoms with Crippen molar-refractivity contribution in [3.8, 4) is 5.75 Å². The molecule has 0 fully saturated rings. The Morgan fingerprint density at radius 2 is 1.81 bits per heavy atom. The van der Waals surface area contributed by atoms with Gasteiger partial charge in [0.1, 0.15) is 11.7 Å². The zero-order chi connectivity index (χ0) is 19.3. The van der Waals surface area contributed by atoms with Crippen molar-refractivity contribution in [1.82, 2.24) is 5.32 Å². The van der Waals surface area contributed by atoms with E-state index in [1.165, 1.54) is 20.1 Å². The predicted molar refractivity (Wildman–Crippen MR) is 97.5 cm³/mol. The van der Waals surface area contributed by atoms with Gasteiger partial charge in [0.25, 0.3) is 5.91 Å². The van der Waals surface area contributed by atoms with E-state index in [4.69, 9.17) is 16.3 Å². The number of carboxylic acid groups (broad SMARTS) is 1. The molecule has 0 heterocycles. The molecule has 26 heavy (non-hydrogen) atoms. The molecule has 3 atom stereocenters. The van der Waals surface area contributed by atoms with E-state index in [2.05, 4.69) is 5.32 Å². The van der Waals surface area contributed by atoms with Crippen molar-refractivity contribution in [2.24, 2.45) is 5.92 Å². The summed E-state index contributed by atoms with van der Waals surface area (Å²) in [5.41, 5.74) is 0.645. The summed E-state index contributed by atoms with van der Waals surface area (Å²) >= 11 is 5.96. The summed E-state index contributed by atoms with van der Waals surface area (Å²) in [4.78, 5) is 24.1. The van der Waals surface area contributed by atoms with Crippen molar-refractivity contribution in [2.45, 2.75) is 19.1 Å². The molecule has 138 valence electrons. The standard InChI is InChI=1S/C19H20ClNO5/c1-11(21-18(23)12-6-4-3-5-7-12)16(19(24)25)17(22)14-10-13(20)8-9-15(14)26-2/h3-11,16-17,22H,1-2H3,(H,21,23)(H,24,25). The van der Waals surface area contributed by atoms with E-state index in [9.17, 15) is 19.8 Å². The van der Waals surface area contributed by atoms with Gasteiger partial charge < -0.3 is 20.3 Å². The number of carboxylic acids is 1. The molecule has 6 nitrogen and oxygen atoms in total. The van der Waals surface area contributed by atoms with Crippen LogP contribution in [0.4, 0.5) is 0 Å². The van der Waals surface area contributed by atoms with E-state index in [0.717, 1.165) is 0 Å². The Labute approximate surface area is 156 Å². The van der Waals surface area contributed by atoms with Crippen LogP contribution in [0.25, 0.3) is 0 Å².